The lowest BCUT2D eigenvalue weighted by molar-refractivity contribution is 0.0988. The van der Waals surface area contributed by atoms with E-state index < -0.39 is 0 Å². The zero-order chi connectivity index (χ0) is 12.7. The molecule has 0 atom stereocenters. The number of hydrogen-bond donors (Lipinski definition) is 0. The van der Waals surface area contributed by atoms with Gasteiger partial charge < -0.3 is 4.90 Å². The van der Waals surface area contributed by atoms with Crippen LogP contribution in [0.3, 0.4) is 0 Å². The highest BCUT2D eigenvalue weighted by Crippen LogP contribution is 2.22. The third-order valence-electron chi connectivity index (χ3n) is 2.71. The first-order valence-corrected chi connectivity index (χ1v) is 6.22. The first-order valence-electron chi connectivity index (χ1n) is 6.22. The van der Waals surface area contributed by atoms with Crippen molar-refractivity contribution in [2.24, 2.45) is 0 Å². The van der Waals surface area contributed by atoms with Crippen molar-refractivity contribution in [2.45, 2.75) is 26.7 Å². The van der Waals surface area contributed by atoms with Gasteiger partial charge in [-0.3, -0.25) is 4.79 Å². The average molecular weight is 231 g/mol. The molecule has 0 heterocycles. The van der Waals surface area contributed by atoms with Gasteiger partial charge in [0.2, 0.25) is 0 Å². The molecule has 0 unspecified atom stereocenters. The molecule has 0 radical (unpaired) electrons. The monoisotopic (exact) mass is 231 g/mol. The fourth-order valence-corrected chi connectivity index (χ4v) is 1.91. The molecule has 0 aliphatic rings. The van der Waals surface area contributed by atoms with Gasteiger partial charge in [0.05, 0.1) is 0 Å². The molecule has 2 nitrogen and oxygen atoms in total. The van der Waals surface area contributed by atoms with Gasteiger partial charge in [-0.1, -0.05) is 32.1 Å². The van der Waals surface area contributed by atoms with Gasteiger partial charge in [0.15, 0.2) is 5.78 Å². The van der Waals surface area contributed by atoms with E-state index in [-0.39, 0.29) is 5.78 Å². The van der Waals surface area contributed by atoms with Crippen LogP contribution in [-0.4, -0.2) is 18.9 Å². The van der Waals surface area contributed by atoms with Crippen molar-refractivity contribution in [3.05, 3.63) is 42.5 Å². The first-order chi connectivity index (χ1) is 8.24. The molecule has 0 aromatic heterocycles. The Labute approximate surface area is 104 Å². The summed E-state index contributed by atoms with van der Waals surface area (Å²) in [6, 6.07) is 7.83. The van der Waals surface area contributed by atoms with Crippen LogP contribution in [0.15, 0.2) is 36.9 Å². The summed E-state index contributed by atoms with van der Waals surface area (Å²) in [5, 5.41) is 0. The molecule has 0 aliphatic carbocycles. The molecule has 0 saturated heterocycles. The third kappa shape index (κ3) is 3.45. The van der Waals surface area contributed by atoms with Crippen molar-refractivity contribution in [2.75, 3.05) is 18.0 Å². The molecule has 2 heteroatoms. The number of nitrogens with zero attached hydrogens (tertiary/aromatic N) is 1. The van der Waals surface area contributed by atoms with E-state index in [0.29, 0.717) is 6.42 Å². The van der Waals surface area contributed by atoms with Crippen molar-refractivity contribution in [1.82, 2.24) is 0 Å². The summed E-state index contributed by atoms with van der Waals surface area (Å²) in [6.07, 6.45) is 3.48. The molecule has 0 N–H and O–H groups in total. The number of Topliss-reactive ketones (excluding diaryl/α,β-unsaturated/α-hetero) is 1. The molecule has 0 bridgehead atoms. The van der Waals surface area contributed by atoms with E-state index in [9.17, 15) is 4.79 Å². The van der Waals surface area contributed by atoms with E-state index >= 15 is 0 Å². The van der Waals surface area contributed by atoms with Gasteiger partial charge >= 0.3 is 0 Å². The van der Waals surface area contributed by atoms with Crippen LogP contribution in [0.4, 0.5) is 5.69 Å². The minimum absolute atomic E-state index is 0.200. The average Bonchev–Trinajstić information content (AvgIpc) is 2.37. The Bertz CT molecular complexity index is 384. The summed E-state index contributed by atoms with van der Waals surface area (Å²) in [6.45, 7) is 9.54. The Morgan fingerprint density at radius 2 is 2.06 bits per heavy atom. The van der Waals surface area contributed by atoms with Gasteiger partial charge in [-0.15, -0.1) is 6.58 Å². The molecule has 0 amide bonds. The normalized spacial score (nSPS) is 10.0. The smallest absolute Gasteiger partial charge is 0.164 e. The molecular formula is C15H21NO. The van der Waals surface area contributed by atoms with Gasteiger partial charge in [-0.05, 0) is 18.6 Å². The van der Waals surface area contributed by atoms with Gasteiger partial charge in [-0.2, -0.15) is 0 Å². The van der Waals surface area contributed by atoms with Crippen LogP contribution in [0.2, 0.25) is 0 Å². The van der Waals surface area contributed by atoms with E-state index in [1.807, 2.05) is 37.3 Å². The number of para-hydroxylation sites is 1. The van der Waals surface area contributed by atoms with E-state index in [1.165, 1.54) is 0 Å². The largest absolute Gasteiger partial charge is 0.367 e. The Morgan fingerprint density at radius 1 is 1.35 bits per heavy atom. The number of carbonyl (C=O) groups excluding carboxylic acids is 1. The van der Waals surface area contributed by atoms with Crippen LogP contribution < -0.4 is 4.90 Å². The summed E-state index contributed by atoms with van der Waals surface area (Å²) >= 11 is 0. The molecule has 1 rings (SSSR count). The maximum atomic E-state index is 11.9. The van der Waals surface area contributed by atoms with Gasteiger partial charge in [0, 0.05) is 30.8 Å². The number of ketones is 1. The van der Waals surface area contributed by atoms with Crippen LogP contribution in [0, 0.1) is 0 Å². The molecular weight excluding hydrogens is 210 g/mol. The lowest BCUT2D eigenvalue weighted by Crippen LogP contribution is -2.25. The Kier molecular flexibility index (Phi) is 5.47. The van der Waals surface area contributed by atoms with E-state index in [0.717, 1.165) is 30.8 Å². The second kappa shape index (κ2) is 6.89. The Balaban J connectivity index is 3.08. The minimum atomic E-state index is 0.200. The lowest BCUT2D eigenvalue weighted by atomic mass is 10.1. The predicted octanol–water partition coefficient (Wildman–Crippen LogP) is 3.68. The maximum absolute atomic E-state index is 11.9. The minimum Gasteiger partial charge on any atom is -0.367 e. The van der Waals surface area contributed by atoms with Crippen molar-refractivity contribution in [3.8, 4) is 0 Å². The fraction of sp³-hybridized carbons (Fsp3) is 0.400. The van der Waals surface area contributed by atoms with E-state index in [1.54, 1.807) is 0 Å². The molecule has 1 aromatic rings. The molecule has 0 saturated carbocycles. The zero-order valence-electron chi connectivity index (χ0n) is 10.8. The molecule has 1 aromatic carbocycles. The highest BCUT2D eigenvalue weighted by atomic mass is 16.1. The van der Waals surface area contributed by atoms with Crippen LogP contribution in [0.25, 0.3) is 0 Å². The van der Waals surface area contributed by atoms with E-state index in [2.05, 4.69) is 18.4 Å². The summed E-state index contributed by atoms with van der Waals surface area (Å²) < 4.78 is 0. The zero-order valence-corrected chi connectivity index (χ0v) is 10.8. The first kappa shape index (κ1) is 13.5. The van der Waals surface area contributed by atoms with Crippen molar-refractivity contribution in [3.63, 3.8) is 0 Å². The molecule has 0 aliphatic heterocycles. The summed E-state index contributed by atoms with van der Waals surface area (Å²) in [5.41, 5.74) is 1.85. The van der Waals surface area contributed by atoms with Crippen LogP contribution in [0.5, 0.6) is 0 Å². The third-order valence-corrected chi connectivity index (χ3v) is 2.71. The van der Waals surface area contributed by atoms with Gasteiger partial charge in [0.25, 0.3) is 0 Å². The van der Waals surface area contributed by atoms with Crippen molar-refractivity contribution < 1.29 is 4.79 Å². The van der Waals surface area contributed by atoms with Crippen molar-refractivity contribution >= 4 is 11.5 Å². The maximum Gasteiger partial charge on any atom is 0.164 e. The second-order valence-corrected chi connectivity index (χ2v) is 4.03. The fourth-order valence-electron chi connectivity index (χ4n) is 1.91. The number of rotatable bonds is 7. The topological polar surface area (TPSA) is 20.3 Å². The Hall–Kier alpha value is -1.57. The van der Waals surface area contributed by atoms with Crippen LogP contribution >= 0.6 is 0 Å². The number of benzene rings is 1. The molecule has 17 heavy (non-hydrogen) atoms. The number of hydrogen-bond acceptors (Lipinski definition) is 2. The summed E-state index contributed by atoms with van der Waals surface area (Å²) in [7, 11) is 0. The van der Waals surface area contributed by atoms with Crippen LogP contribution in [-0.2, 0) is 0 Å². The van der Waals surface area contributed by atoms with Crippen molar-refractivity contribution in [1.29, 1.82) is 0 Å². The van der Waals surface area contributed by atoms with Crippen LogP contribution in [0.1, 0.15) is 37.0 Å². The quantitative estimate of drug-likeness (QED) is 0.527. The predicted molar refractivity (Wildman–Crippen MR) is 73.8 cm³/mol. The highest BCUT2D eigenvalue weighted by Gasteiger charge is 2.13. The van der Waals surface area contributed by atoms with Gasteiger partial charge in [0.1, 0.15) is 0 Å². The van der Waals surface area contributed by atoms with E-state index in [4.69, 9.17) is 0 Å². The second-order valence-electron chi connectivity index (χ2n) is 4.03. The summed E-state index contributed by atoms with van der Waals surface area (Å²) in [5.74, 6) is 0.200. The SMILES string of the molecule is C=CCN(CCC)c1ccccc1C(=O)CC. The molecule has 92 valence electrons. The molecule has 0 fully saturated rings. The van der Waals surface area contributed by atoms with Gasteiger partial charge in [-0.25, -0.2) is 0 Å². The number of carbonyl (C=O) groups is 1. The Morgan fingerprint density at radius 3 is 2.65 bits per heavy atom. The molecule has 0 spiro atoms. The number of anilines is 1. The lowest BCUT2D eigenvalue weighted by Gasteiger charge is -2.24. The standard InChI is InChI=1S/C15H21NO/c1-4-11-16(12-5-2)14-10-8-7-9-13(14)15(17)6-3/h4,7-10H,1,5-6,11-12H2,2-3H3. The summed E-state index contributed by atoms with van der Waals surface area (Å²) in [4.78, 5) is 14.1. The highest BCUT2D eigenvalue weighted by molar-refractivity contribution is 6.01.